The van der Waals surface area contributed by atoms with Crippen LogP contribution >= 0.6 is 11.3 Å². The highest BCUT2D eigenvalue weighted by Gasteiger charge is 2.50. The summed E-state index contributed by atoms with van der Waals surface area (Å²) in [4.78, 5) is 7.33. The highest BCUT2D eigenvalue weighted by molar-refractivity contribution is 7.92. The summed E-state index contributed by atoms with van der Waals surface area (Å²) >= 11 is 1.66. The molecule has 5 rings (SSSR count). The number of rotatable bonds is 3. The summed E-state index contributed by atoms with van der Waals surface area (Å²) in [7, 11) is -3.26. The summed E-state index contributed by atoms with van der Waals surface area (Å²) in [6.07, 6.45) is 0. The fourth-order valence-corrected chi connectivity index (χ4v) is 7.24. The van der Waals surface area contributed by atoms with E-state index in [-0.39, 0.29) is 11.2 Å². The van der Waals surface area contributed by atoms with Gasteiger partial charge in [0, 0.05) is 31.2 Å². The fourth-order valence-electron chi connectivity index (χ4n) is 4.38. The van der Waals surface area contributed by atoms with Crippen molar-refractivity contribution in [3.05, 3.63) is 70.2 Å². The summed E-state index contributed by atoms with van der Waals surface area (Å²) in [6, 6.07) is 13.9. The van der Waals surface area contributed by atoms with Gasteiger partial charge in [-0.25, -0.2) is 8.42 Å². The smallest absolute Gasteiger partial charge is 0.183 e. The first kappa shape index (κ1) is 17.1. The van der Waals surface area contributed by atoms with Crippen LogP contribution in [0.2, 0.25) is 0 Å². The van der Waals surface area contributed by atoms with Crippen LogP contribution in [0.25, 0.3) is 11.1 Å². The van der Waals surface area contributed by atoms with Crippen LogP contribution < -0.4 is 0 Å². The molecule has 0 spiro atoms. The quantitative estimate of drug-likeness (QED) is 0.674. The van der Waals surface area contributed by atoms with Gasteiger partial charge in [-0.2, -0.15) is 11.3 Å². The van der Waals surface area contributed by atoms with Crippen molar-refractivity contribution < 1.29 is 8.42 Å². The van der Waals surface area contributed by atoms with Gasteiger partial charge in [0.2, 0.25) is 0 Å². The zero-order chi connectivity index (χ0) is 18.6. The summed E-state index contributed by atoms with van der Waals surface area (Å²) in [5.41, 5.74) is 5.24. The standard InChI is InChI=1S/C21H20N2O2S2/c1-14-3-2-4-17(22-14)10-23-11-19-18-9-15(16-7-8-26-13-16)5-6-20(18)27(24,25)21(19)12-23/h2-9,13,19,21H,10-12H2,1H3. The molecule has 2 aliphatic heterocycles. The minimum atomic E-state index is -3.26. The minimum absolute atomic E-state index is 0.0494. The monoisotopic (exact) mass is 396 g/mol. The lowest BCUT2D eigenvalue weighted by atomic mass is 9.95. The summed E-state index contributed by atoms with van der Waals surface area (Å²) in [5, 5.41) is 3.82. The molecule has 2 atom stereocenters. The second-order valence-electron chi connectivity index (χ2n) is 7.42. The largest absolute Gasteiger partial charge is 0.296 e. The Bertz CT molecular complexity index is 1110. The minimum Gasteiger partial charge on any atom is -0.296 e. The number of pyridine rings is 1. The van der Waals surface area contributed by atoms with Crippen LogP contribution in [0.15, 0.2) is 58.1 Å². The molecule has 0 bridgehead atoms. The lowest BCUT2D eigenvalue weighted by Crippen LogP contribution is -2.26. The number of nitrogens with zero attached hydrogens (tertiary/aromatic N) is 2. The maximum atomic E-state index is 13.1. The zero-order valence-corrected chi connectivity index (χ0v) is 16.6. The molecule has 0 aliphatic carbocycles. The van der Waals surface area contributed by atoms with Crippen LogP contribution in [-0.2, 0) is 16.4 Å². The second kappa shape index (κ2) is 6.26. The summed E-state index contributed by atoms with van der Waals surface area (Å²) < 4.78 is 26.2. The normalized spacial score (nSPS) is 23.3. The Morgan fingerprint density at radius 2 is 2.04 bits per heavy atom. The molecule has 0 radical (unpaired) electrons. The van der Waals surface area contributed by atoms with Gasteiger partial charge in [0.15, 0.2) is 9.84 Å². The molecule has 6 heteroatoms. The molecule has 4 heterocycles. The van der Waals surface area contributed by atoms with E-state index >= 15 is 0 Å². The summed E-state index contributed by atoms with van der Waals surface area (Å²) in [5.74, 6) is 0.0494. The Balaban J connectivity index is 1.47. The third kappa shape index (κ3) is 2.83. The first-order chi connectivity index (χ1) is 13.0. The highest BCUT2D eigenvalue weighted by atomic mass is 32.2. The Hall–Kier alpha value is -2.02. The van der Waals surface area contributed by atoms with Crippen molar-refractivity contribution in [2.45, 2.75) is 29.5 Å². The van der Waals surface area contributed by atoms with E-state index in [1.54, 1.807) is 11.3 Å². The van der Waals surface area contributed by atoms with Crippen LogP contribution in [0.5, 0.6) is 0 Å². The lowest BCUT2D eigenvalue weighted by molar-refractivity contribution is 0.321. The van der Waals surface area contributed by atoms with Gasteiger partial charge in [-0.3, -0.25) is 9.88 Å². The Labute approximate surface area is 163 Å². The maximum absolute atomic E-state index is 13.1. The summed E-state index contributed by atoms with van der Waals surface area (Å²) in [6.45, 7) is 4.02. The molecule has 0 saturated carbocycles. The average Bonchev–Trinajstić information content (AvgIpc) is 3.34. The molecule has 3 aromatic rings. The molecule has 1 saturated heterocycles. The van der Waals surface area contributed by atoms with Crippen molar-refractivity contribution >= 4 is 21.2 Å². The second-order valence-corrected chi connectivity index (χ2v) is 10.3. The van der Waals surface area contributed by atoms with Crippen LogP contribution in [0.3, 0.4) is 0 Å². The number of benzene rings is 1. The lowest BCUT2D eigenvalue weighted by Gasteiger charge is -2.17. The molecular formula is C21H20N2O2S2. The first-order valence-corrected chi connectivity index (χ1v) is 11.6. The van der Waals surface area contributed by atoms with Crippen molar-refractivity contribution in [2.75, 3.05) is 13.1 Å². The molecule has 2 aromatic heterocycles. The van der Waals surface area contributed by atoms with Gasteiger partial charge in [-0.05, 0) is 64.7 Å². The maximum Gasteiger partial charge on any atom is 0.183 e. The topological polar surface area (TPSA) is 50.3 Å². The number of hydrogen-bond donors (Lipinski definition) is 0. The molecule has 0 amide bonds. The van der Waals surface area contributed by atoms with Crippen LogP contribution in [0.1, 0.15) is 22.9 Å². The number of likely N-dealkylation sites (tertiary alicyclic amines) is 1. The van der Waals surface area contributed by atoms with E-state index in [0.717, 1.165) is 34.6 Å². The SMILES string of the molecule is Cc1cccc(CN2CC3c4cc(-c5ccsc5)ccc4S(=O)(=O)C3C2)n1. The molecule has 2 unspecified atom stereocenters. The number of aromatic nitrogens is 1. The predicted molar refractivity (Wildman–Crippen MR) is 108 cm³/mol. The van der Waals surface area contributed by atoms with E-state index in [1.165, 1.54) is 0 Å². The van der Waals surface area contributed by atoms with E-state index in [4.69, 9.17) is 0 Å². The highest BCUT2D eigenvalue weighted by Crippen LogP contribution is 2.46. The van der Waals surface area contributed by atoms with Gasteiger partial charge in [-0.1, -0.05) is 12.1 Å². The third-order valence-corrected chi connectivity index (χ3v) is 8.59. The van der Waals surface area contributed by atoms with Gasteiger partial charge in [0.1, 0.15) is 0 Å². The average molecular weight is 397 g/mol. The predicted octanol–water partition coefficient (Wildman–Crippen LogP) is 3.87. The number of aryl methyl sites for hydroxylation is 1. The van der Waals surface area contributed by atoms with E-state index in [1.807, 2.05) is 42.6 Å². The first-order valence-electron chi connectivity index (χ1n) is 9.08. The van der Waals surface area contributed by atoms with Crippen LogP contribution in [-0.4, -0.2) is 36.6 Å². The van der Waals surface area contributed by atoms with Crippen molar-refractivity contribution in [1.82, 2.24) is 9.88 Å². The Morgan fingerprint density at radius 1 is 1.15 bits per heavy atom. The Morgan fingerprint density at radius 3 is 2.81 bits per heavy atom. The third-order valence-electron chi connectivity index (χ3n) is 5.64. The van der Waals surface area contributed by atoms with E-state index in [0.29, 0.717) is 18.0 Å². The molecular weight excluding hydrogens is 376 g/mol. The van der Waals surface area contributed by atoms with Crippen molar-refractivity contribution in [3.63, 3.8) is 0 Å². The molecule has 0 N–H and O–H groups in total. The molecule has 4 nitrogen and oxygen atoms in total. The molecule has 1 fully saturated rings. The van der Waals surface area contributed by atoms with E-state index in [9.17, 15) is 8.42 Å². The van der Waals surface area contributed by atoms with Crippen molar-refractivity contribution in [3.8, 4) is 11.1 Å². The van der Waals surface area contributed by atoms with Crippen molar-refractivity contribution in [1.29, 1.82) is 0 Å². The number of thiophene rings is 1. The van der Waals surface area contributed by atoms with Gasteiger partial charge in [-0.15, -0.1) is 0 Å². The van der Waals surface area contributed by atoms with Crippen molar-refractivity contribution in [2.24, 2.45) is 0 Å². The Kier molecular flexibility index (Phi) is 3.96. The van der Waals surface area contributed by atoms with E-state index < -0.39 is 9.84 Å². The molecule has 1 aromatic carbocycles. The molecule has 2 aliphatic rings. The number of sulfone groups is 1. The number of fused-ring (bicyclic) bond motifs is 3. The van der Waals surface area contributed by atoms with Gasteiger partial charge in [0.05, 0.1) is 15.8 Å². The zero-order valence-electron chi connectivity index (χ0n) is 15.0. The molecule has 138 valence electrons. The van der Waals surface area contributed by atoms with Crippen LogP contribution in [0.4, 0.5) is 0 Å². The van der Waals surface area contributed by atoms with Gasteiger partial charge in [0.25, 0.3) is 0 Å². The van der Waals surface area contributed by atoms with Gasteiger partial charge >= 0.3 is 0 Å². The molecule has 27 heavy (non-hydrogen) atoms. The van der Waals surface area contributed by atoms with Gasteiger partial charge < -0.3 is 0 Å². The fraction of sp³-hybridized carbons (Fsp3) is 0.286. The van der Waals surface area contributed by atoms with Crippen LogP contribution in [0, 0.1) is 6.92 Å². The van der Waals surface area contributed by atoms with E-state index in [2.05, 4.69) is 27.4 Å². The number of hydrogen-bond acceptors (Lipinski definition) is 5.